The van der Waals surface area contributed by atoms with E-state index in [1.807, 2.05) is 13.0 Å². The van der Waals surface area contributed by atoms with Crippen LogP contribution in [-0.2, 0) is 0 Å². The van der Waals surface area contributed by atoms with Gasteiger partial charge in [0.05, 0.1) is 0 Å². The number of carbonyl (C=O) groups is 1. The van der Waals surface area contributed by atoms with Crippen molar-refractivity contribution in [1.82, 2.24) is 20.4 Å². The Morgan fingerprint density at radius 3 is 2.78 bits per heavy atom. The number of amides is 1. The summed E-state index contributed by atoms with van der Waals surface area (Å²) in [7, 11) is 0. The highest BCUT2D eigenvalue weighted by molar-refractivity contribution is 5.92. The van der Waals surface area contributed by atoms with Crippen molar-refractivity contribution in [2.24, 2.45) is 5.92 Å². The second-order valence-electron chi connectivity index (χ2n) is 6.70. The lowest BCUT2D eigenvalue weighted by Crippen LogP contribution is -2.30. The van der Waals surface area contributed by atoms with Gasteiger partial charge in [-0.3, -0.25) is 4.79 Å². The summed E-state index contributed by atoms with van der Waals surface area (Å²) in [5.41, 5.74) is 0.367. The lowest BCUT2D eigenvalue weighted by molar-refractivity contribution is 0.0950. The van der Waals surface area contributed by atoms with Crippen molar-refractivity contribution in [3.05, 3.63) is 17.8 Å². The molecule has 1 amide bonds. The molecular weight excluding hydrogens is 290 g/mol. The molecule has 0 bridgehead atoms. The molecule has 2 aliphatic rings. The average Bonchev–Trinajstić information content (AvgIpc) is 3.21. The van der Waals surface area contributed by atoms with Gasteiger partial charge in [-0.1, -0.05) is 12.8 Å². The summed E-state index contributed by atoms with van der Waals surface area (Å²) in [5.74, 6) is 1.49. The Hall–Kier alpha value is -1.69. The van der Waals surface area contributed by atoms with Gasteiger partial charge in [0.25, 0.3) is 5.91 Å². The minimum absolute atomic E-state index is 0.171. The van der Waals surface area contributed by atoms with E-state index in [9.17, 15) is 4.79 Å². The molecular formula is C17H27N5O. The number of likely N-dealkylation sites (tertiary alicyclic amines) is 1. The Morgan fingerprint density at radius 1 is 1.26 bits per heavy atom. The monoisotopic (exact) mass is 317 g/mol. The van der Waals surface area contributed by atoms with E-state index in [0.717, 1.165) is 24.7 Å². The van der Waals surface area contributed by atoms with Crippen LogP contribution >= 0.6 is 0 Å². The van der Waals surface area contributed by atoms with Gasteiger partial charge in [-0.05, 0) is 44.2 Å². The highest BCUT2D eigenvalue weighted by Gasteiger charge is 2.26. The molecule has 126 valence electrons. The fraction of sp³-hybridized carbons (Fsp3) is 0.706. The zero-order valence-corrected chi connectivity index (χ0v) is 13.9. The van der Waals surface area contributed by atoms with E-state index in [4.69, 9.17) is 0 Å². The predicted molar refractivity (Wildman–Crippen MR) is 90.5 cm³/mol. The molecule has 1 saturated heterocycles. The van der Waals surface area contributed by atoms with E-state index >= 15 is 0 Å². The molecule has 0 unspecified atom stereocenters. The number of aromatic nitrogens is 2. The molecule has 6 nitrogen and oxygen atoms in total. The standard InChI is InChI=1S/C17H27N5O/c1-2-18-17(23)15-7-8-16(21-20-15)19-14-9-10-22(12-14)11-13-5-3-4-6-13/h7-8,13-14H,2-6,9-12H2,1H3,(H,18,23)(H,19,21)/t14-/m0/s1. The molecule has 1 aromatic rings. The van der Waals surface area contributed by atoms with Crippen molar-refractivity contribution in [3.8, 4) is 0 Å². The first-order chi connectivity index (χ1) is 11.2. The zero-order valence-electron chi connectivity index (χ0n) is 13.9. The maximum atomic E-state index is 11.7. The van der Waals surface area contributed by atoms with Gasteiger partial charge in [0, 0.05) is 32.2 Å². The molecule has 2 fully saturated rings. The molecule has 1 aromatic heterocycles. The number of carbonyl (C=O) groups excluding carboxylic acids is 1. The first-order valence-electron chi connectivity index (χ1n) is 8.85. The van der Waals surface area contributed by atoms with Gasteiger partial charge < -0.3 is 15.5 Å². The Balaban J connectivity index is 1.47. The van der Waals surface area contributed by atoms with Crippen molar-refractivity contribution in [1.29, 1.82) is 0 Å². The molecule has 23 heavy (non-hydrogen) atoms. The Morgan fingerprint density at radius 2 is 2.09 bits per heavy atom. The lowest BCUT2D eigenvalue weighted by Gasteiger charge is -2.20. The Bertz CT molecular complexity index is 512. The third kappa shape index (κ3) is 4.41. The van der Waals surface area contributed by atoms with Crippen LogP contribution in [0.15, 0.2) is 12.1 Å². The molecule has 2 heterocycles. The summed E-state index contributed by atoms with van der Waals surface area (Å²) in [6.07, 6.45) is 6.77. The molecule has 0 radical (unpaired) electrons. The third-order valence-electron chi connectivity index (χ3n) is 4.85. The minimum Gasteiger partial charge on any atom is -0.365 e. The molecule has 0 spiro atoms. The van der Waals surface area contributed by atoms with Crippen LogP contribution in [0.4, 0.5) is 5.82 Å². The highest BCUT2D eigenvalue weighted by atomic mass is 16.1. The largest absolute Gasteiger partial charge is 0.365 e. The quantitative estimate of drug-likeness (QED) is 0.838. The lowest BCUT2D eigenvalue weighted by atomic mass is 10.1. The van der Waals surface area contributed by atoms with E-state index < -0.39 is 0 Å². The van der Waals surface area contributed by atoms with Crippen LogP contribution in [0.2, 0.25) is 0 Å². The van der Waals surface area contributed by atoms with Gasteiger partial charge in [0.1, 0.15) is 5.82 Å². The van der Waals surface area contributed by atoms with E-state index in [2.05, 4.69) is 25.7 Å². The third-order valence-corrected chi connectivity index (χ3v) is 4.85. The normalized spacial score (nSPS) is 22.4. The van der Waals surface area contributed by atoms with Gasteiger partial charge in [-0.15, -0.1) is 10.2 Å². The second-order valence-corrected chi connectivity index (χ2v) is 6.70. The zero-order chi connectivity index (χ0) is 16.1. The number of hydrogen-bond donors (Lipinski definition) is 2. The summed E-state index contributed by atoms with van der Waals surface area (Å²) in [6, 6.07) is 4.00. The van der Waals surface area contributed by atoms with Crippen LogP contribution in [-0.4, -0.2) is 53.2 Å². The summed E-state index contributed by atoms with van der Waals surface area (Å²) in [5, 5.41) is 14.3. The topological polar surface area (TPSA) is 70.2 Å². The maximum absolute atomic E-state index is 11.7. The first kappa shape index (κ1) is 16.2. The number of hydrogen-bond acceptors (Lipinski definition) is 5. The van der Waals surface area contributed by atoms with Crippen molar-refractivity contribution < 1.29 is 4.79 Å². The summed E-state index contributed by atoms with van der Waals surface area (Å²) < 4.78 is 0. The van der Waals surface area contributed by atoms with Crippen molar-refractivity contribution in [2.75, 3.05) is 31.5 Å². The van der Waals surface area contributed by atoms with E-state index in [1.165, 1.54) is 38.8 Å². The summed E-state index contributed by atoms with van der Waals surface area (Å²) in [6.45, 7) is 5.98. The fourth-order valence-corrected chi connectivity index (χ4v) is 3.66. The smallest absolute Gasteiger partial charge is 0.271 e. The van der Waals surface area contributed by atoms with Crippen molar-refractivity contribution in [2.45, 2.75) is 45.1 Å². The fourth-order valence-electron chi connectivity index (χ4n) is 3.66. The van der Waals surface area contributed by atoms with Gasteiger partial charge >= 0.3 is 0 Å². The van der Waals surface area contributed by atoms with Crippen molar-refractivity contribution >= 4 is 11.7 Å². The van der Waals surface area contributed by atoms with Gasteiger partial charge in [0.15, 0.2) is 5.69 Å². The number of nitrogens with one attached hydrogen (secondary N) is 2. The first-order valence-corrected chi connectivity index (χ1v) is 8.85. The minimum atomic E-state index is -0.171. The SMILES string of the molecule is CCNC(=O)c1ccc(N[C@H]2CCN(CC3CCCC3)C2)nn1. The van der Waals surface area contributed by atoms with E-state index in [1.54, 1.807) is 6.07 Å². The number of rotatable bonds is 6. The summed E-state index contributed by atoms with van der Waals surface area (Å²) in [4.78, 5) is 14.2. The van der Waals surface area contributed by atoms with Crippen LogP contribution in [0.25, 0.3) is 0 Å². The van der Waals surface area contributed by atoms with E-state index in [0.29, 0.717) is 18.3 Å². The molecule has 0 aromatic carbocycles. The van der Waals surface area contributed by atoms with Gasteiger partial charge in [-0.2, -0.15) is 0 Å². The van der Waals surface area contributed by atoms with E-state index in [-0.39, 0.29) is 5.91 Å². The van der Waals surface area contributed by atoms with Crippen LogP contribution in [0.3, 0.4) is 0 Å². The Kier molecular flexibility index (Phi) is 5.43. The molecule has 6 heteroatoms. The van der Waals surface area contributed by atoms with Gasteiger partial charge in [-0.25, -0.2) is 0 Å². The maximum Gasteiger partial charge on any atom is 0.271 e. The van der Waals surface area contributed by atoms with Crippen LogP contribution in [0.1, 0.15) is 49.5 Å². The molecule has 2 N–H and O–H groups in total. The molecule has 1 saturated carbocycles. The molecule has 3 rings (SSSR count). The van der Waals surface area contributed by atoms with Crippen LogP contribution < -0.4 is 10.6 Å². The average molecular weight is 317 g/mol. The highest BCUT2D eigenvalue weighted by Crippen LogP contribution is 2.27. The van der Waals surface area contributed by atoms with Crippen LogP contribution in [0.5, 0.6) is 0 Å². The molecule has 1 aliphatic carbocycles. The summed E-state index contributed by atoms with van der Waals surface area (Å²) >= 11 is 0. The predicted octanol–water partition coefficient (Wildman–Crippen LogP) is 1.90. The van der Waals surface area contributed by atoms with Gasteiger partial charge in [0.2, 0.25) is 0 Å². The second kappa shape index (κ2) is 7.73. The molecule has 1 atom stereocenters. The number of anilines is 1. The van der Waals surface area contributed by atoms with Crippen LogP contribution in [0, 0.1) is 5.92 Å². The molecule has 1 aliphatic heterocycles. The Labute approximate surface area is 138 Å². The van der Waals surface area contributed by atoms with Crippen molar-refractivity contribution in [3.63, 3.8) is 0 Å². The number of nitrogens with zero attached hydrogens (tertiary/aromatic N) is 3.